The normalized spacial score (nSPS) is 12.4. The van der Waals surface area contributed by atoms with Gasteiger partial charge in [-0.3, -0.25) is 4.79 Å². The molecule has 0 heterocycles. The third-order valence-electron chi connectivity index (χ3n) is 3.69. The zero-order valence-corrected chi connectivity index (χ0v) is 13.3. The van der Waals surface area contributed by atoms with E-state index in [0.29, 0.717) is 18.4 Å². The lowest BCUT2D eigenvalue weighted by atomic mass is 9.98. The quantitative estimate of drug-likeness (QED) is 0.695. The van der Waals surface area contributed by atoms with E-state index < -0.39 is 21.5 Å². The van der Waals surface area contributed by atoms with Gasteiger partial charge in [0, 0.05) is 12.1 Å². The molecule has 1 aromatic rings. The van der Waals surface area contributed by atoms with Gasteiger partial charge in [-0.25, -0.2) is 13.1 Å². The number of nitrogens with two attached hydrogens (primary N) is 1. The molecule has 0 spiro atoms. The second kappa shape index (κ2) is 6.55. The number of aryl methyl sites for hydroxylation is 1. The molecule has 1 aromatic carbocycles. The molecular formula is C14H22N2O4S. The number of benzene rings is 1. The highest BCUT2D eigenvalue weighted by Gasteiger charge is 2.26. The average Bonchev–Trinajstić information content (AvgIpc) is 2.45. The van der Waals surface area contributed by atoms with E-state index in [1.54, 1.807) is 20.8 Å². The Labute approximate surface area is 125 Å². The Hall–Kier alpha value is -1.44. The SMILES string of the molecule is CCC(O)(CC)CNS(=O)(=O)c1ccc(C)c(C(N)=O)c1. The van der Waals surface area contributed by atoms with Crippen molar-refractivity contribution < 1.29 is 18.3 Å². The van der Waals surface area contributed by atoms with E-state index in [9.17, 15) is 18.3 Å². The summed E-state index contributed by atoms with van der Waals surface area (Å²) in [5.41, 5.74) is 4.92. The van der Waals surface area contributed by atoms with Gasteiger partial charge >= 0.3 is 0 Å². The van der Waals surface area contributed by atoms with Gasteiger partial charge in [0.2, 0.25) is 15.9 Å². The molecule has 0 fully saturated rings. The molecule has 0 aliphatic heterocycles. The van der Waals surface area contributed by atoms with Crippen molar-refractivity contribution in [1.82, 2.24) is 4.72 Å². The lowest BCUT2D eigenvalue weighted by molar-refractivity contribution is 0.0377. The number of carbonyl (C=O) groups excluding carboxylic acids is 1. The standard InChI is InChI=1S/C14H22N2O4S/c1-4-14(18,5-2)9-16-21(19,20)11-7-6-10(3)12(8-11)13(15)17/h6-8,16,18H,4-5,9H2,1-3H3,(H2,15,17). The lowest BCUT2D eigenvalue weighted by Gasteiger charge is -2.25. The van der Waals surface area contributed by atoms with Crippen LogP contribution in [0.1, 0.15) is 42.6 Å². The van der Waals surface area contributed by atoms with Gasteiger partial charge in [-0.15, -0.1) is 0 Å². The molecule has 118 valence electrons. The van der Waals surface area contributed by atoms with E-state index in [2.05, 4.69) is 4.72 Å². The minimum atomic E-state index is -3.80. The largest absolute Gasteiger partial charge is 0.389 e. The molecule has 0 aromatic heterocycles. The van der Waals surface area contributed by atoms with Gasteiger partial charge in [0.1, 0.15) is 0 Å². The van der Waals surface area contributed by atoms with E-state index in [-0.39, 0.29) is 17.0 Å². The number of hydrogen-bond donors (Lipinski definition) is 3. The third kappa shape index (κ3) is 4.26. The smallest absolute Gasteiger partial charge is 0.249 e. The minimum absolute atomic E-state index is 0.0449. The van der Waals surface area contributed by atoms with E-state index in [1.807, 2.05) is 0 Å². The van der Waals surface area contributed by atoms with Crippen molar-refractivity contribution in [2.24, 2.45) is 5.73 Å². The summed E-state index contributed by atoms with van der Waals surface area (Å²) >= 11 is 0. The summed E-state index contributed by atoms with van der Waals surface area (Å²) in [5, 5.41) is 10.1. The molecule has 1 amide bonds. The fourth-order valence-corrected chi connectivity index (χ4v) is 2.99. The molecule has 0 radical (unpaired) electrons. The van der Waals surface area contributed by atoms with Crippen molar-refractivity contribution in [2.45, 2.75) is 44.1 Å². The Morgan fingerprint density at radius 3 is 2.38 bits per heavy atom. The maximum Gasteiger partial charge on any atom is 0.249 e. The van der Waals surface area contributed by atoms with Crippen LogP contribution in [-0.4, -0.2) is 31.6 Å². The number of aliphatic hydroxyl groups is 1. The van der Waals surface area contributed by atoms with Gasteiger partial charge in [0.15, 0.2) is 0 Å². The van der Waals surface area contributed by atoms with Crippen LogP contribution >= 0.6 is 0 Å². The summed E-state index contributed by atoms with van der Waals surface area (Å²) in [6.45, 7) is 5.17. The predicted octanol–water partition coefficient (Wildman–Crippen LogP) is 0.923. The fraction of sp³-hybridized carbons (Fsp3) is 0.500. The first-order valence-corrected chi connectivity index (χ1v) is 8.26. The van der Waals surface area contributed by atoms with Crippen molar-refractivity contribution in [3.63, 3.8) is 0 Å². The molecule has 4 N–H and O–H groups in total. The summed E-state index contributed by atoms with van der Waals surface area (Å²) in [6, 6.07) is 4.18. The topological polar surface area (TPSA) is 109 Å². The first-order chi connectivity index (χ1) is 9.65. The van der Waals surface area contributed by atoms with Gasteiger partial charge in [-0.1, -0.05) is 19.9 Å². The van der Waals surface area contributed by atoms with E-state index in [1.165, 1.54) is 18.2 Å². The first kappa shape index (κ1) is 17.6. The van der Waals surface area contributed by atoms with Gasteiger partial charge < -0.3 is 10.8 Å². The van der Waals surface area contributed by atoms with E-state index >= 15 is 0 Å². The molecule has 0 bridgehead atoms. The van der Waals surface area contributed by atoms with Gasteiger partial charge in [-0.2, -0.15) is 0 Å². The zero-order chi connectivity index (χ0) is 16.3. The molecule has 0 aliphatic rings. The Morgan fingerprint density at radius 2 is 1.90 bits per heavy atom. The van der Waals surface area contributed by atoms with Crippen LogP contribution in [0.3, 0.4) is 0 Å². The van der Waals surface area contributed by atoms with Crippen LogP contribution in [0.2, 0.25) is 0 Å². The predicted molar refractivity (Wildman–Crippen MR) is 80.4 cm³/mol. The van der Waals surface area contributed by atoms with Crippen molar-refractivity contribution in [3.05, 3.63) is 29.3 Å². The number of rotatable bonds is 7. The summed E-state index contributed by atoms with van der Waals surface area (Å²) in [4.78, 5) is 11.2. The molecule has 0 saturated carbocycles. The van der Waals surface area contributed by atoms with Gasteiger partial charge in [0.25, 0.3) is 0 Å². The minimum Gasteiger partial charge on any atom is -0.389 e. The van der Waals surface area contributed by atoms with Crippen molar-refractivity contribution >= 4 is 15.9 Å². The second-order valence-corrected chi connectivity index (χ2v) is 6.86. The van der Waals surface area contributed by atoms with Crippen molar-refractivity contribution in [2.75, 3.05) is 6.54 Å². The first-order valence-electron chi connectivity index (χ1n) is 6.77. The van der Waals surface area contributed by atoms with Crippen LogP contribution < -0.4 is 10.5 Å². The van der Waals surface area contributed by atoms with E-state index in [0.717, 1.165) is 0 Å². The summed E-state index contributed by atoms with van der Waals surface area (Å²) < 4.78 is 26.8. The number of carbonyl (C=O) groups is 1. The van der Waals surface area contributed by atoms with Crippen LogP contribution in [0.4, 0.5) is 0 Å². The summed E-state index contributed by atoms with van der Waals surface area (Å²) in [5.74, 6) is -0.678. The Balaban J connectivity index is 3.04. The van der Waals surface area contributed by atoms with Crippen LogP contribution in [0, 0.1) is 6.92 Å². The monoisotopic (exact) mass is 314 g/mol. The fourth-order valence-electron chi connectivity index (χ4n) is 1.85. The summed E-state index contributed by atoms with van der Waals surface area (Å²) in [7, 11) is -3.80. The average molecular weight is 314 g/mol. The number of hydrogen-bond acceptors (Lipinski definition) is 4. The maximum atomic E-state index is 12.2. The molecule has 7 heteroatoms. The Bertz CT molecular complexity index is 622. The van der Waals surface area contributed by atoms with Crippen LogP contribution in [0.15, 0.2) is 23.1 Å². The molecule has 0 unspecified atom stereocenters. The highest BCUT2D eigenvalue weighted by atomic mass is 32.2. The lowest BCUT2D eigenvalue weighted by Crippen LogP contribution is -2.42. The van der Waals surface area contributed by atoms with E-state index in [4.69, 9.17) is 5.73 Å². The molecule has 21 heavy (non-hydrogen) atoms. The number of primary amides is 1. The van der Waals surface area contributed by atoms with Crippen molar-refractivity contribution in [3.8, 4) is 0 Å². The highest BCUT2D eigenvalue weighted by Crippen LogP contribution is 2.17. The molecule has 0 saturated heterocycles. The number of sulfonamides is 1. The van der Waals surface area contributed by atoms with Gasteiger partial charge in [-0.05, 0) is 37.5 Å². The van der Waals surface area contributed by atoms with Crippen molar-refractivity contribution in [1.29, 1.82) is 0 Å². The number of amides is 1. The molecular weight excluding hydrogens is 292 g/mol. The highest BCUT2D eigenvalue weighted by molar-refractivity contribution is 7.89. The number of nitrogens with one attached hydrogen (secondary N) is 1. The Kier molecular flexibility index (Phi) is 5.49. The molecule has 6 nitrogen and oxygen atoms in total. The second-order valence-electron chi connectivity index (χ2n) is 5.10. The van der Waals surface area contributed by atoms with Crippen LogP contribution in [-0.2, 0) is 10.0 Å². The third-order valence-corrected chi connectivity index (χ3v) is 5.09. The van der Waals surface area contributed by atoms with Gasteiger partial charge in [0.05, 0.1) is 10.5 Å². The zero-order valence-electron chi connectivity index (χ0n) is 12.5. The Morgan fingerprint density at radius 1 is 1.33 bits per heavy atom. The van der Waals surface area contributed by atoms with Crippen LogP contribution in [0.25, 0.3) is 0 Å². The molecule has 1 rings (SSSR count). The molecule has 0 aliphatic carbocycles. The maximum absolute atomic E-state index is 12.2. The molecule has 0 atom stereocenters. The van der Waals surface area contributed by atoms with Crippen LogP contribution in [0.5, 0.6) is 0 Å². The summed E-state index contributed by atoms with van der Waals surface area (Å²) in [6.07, 6.45) is 0.874.